The number of carbonyl (C=O) groups is 1. The lowest BCUT2D eigenvalue weighted by atomic mass is 9.85. The van der Waals surface area contributed by atoms with Crippen LogP contribution in [-0.2, 0) is 9.53 Å². The van der Waals surface area contributed by atoms with Crippen LogP contribution in [0.3, 0.4) is 0 Å². The molecule has 0 saturated heterocycles. The molecule has 114 valence electrons. The van der Waals surface area contributed by atoms with Crippen molar-refractivity contribution >= 4 is 17.6 Å². The van der Waals surface area contributed by atoms with Crippen LogP contribution < -0.4 is 0 Å². The van der Waals surface area contributed by atoms with Crippen molar-refractivity contribution in [2.75, 3.05) is 6.61 Å². The van der Waals surface area contributed by atoms with Crippen LogP contribution in [0.1, 0.15) is 56.9 Å². The zero-order valence-electron chi connectivity index (χ0n) is 12.6. The molecule has 0 spiro atoms. The monoisotopic (exact) mass is 306 g/mol. The maximum atomic E-state index is 11.9. The minimum absolute atomic E-state index is 0.124. The number of unbranched alkanes of at least 4 members (excludes halogenated alkanes) is 2. The van der Waals surface area contributed by atoms with Gasteiger partial charge in [0.05, 0.1) is 6.61 Å². The van der Waals surface area contributed by atoms with Gasteiger partial charge in [0.25, 0.3) is 0 Å². The van der Waals surface area contributed by atoms with E-state index in [1.165, 1.54) is 5.56 Å². The number of benzene rings is 1. The van der Waals surface area contributed by atoms with Crippen LogP contribution in [0.5, 0.6) is 0 Å². The summed E-state index contributed by atoms with van der Waals surface area (Å²) in [7, 11) is 0. The SMILES string of the molecule is CCCCCOC(=O)C1=CCC(c2ccc(Cl)cc2)CC1. The highest BCUT2D eigenvalue weighted by atomic mass is 35.5. The van der Waals surface area contributed by atoms with Gasteiger partial charge in [-0.15, -0.1) is 0 Å². The Labute approximate surface area is 132 Å². The lowest BCUT2D eigenvalue weighted by molar-refractivity contribution is -0.139. The van der Waals surface area contributed by atoms with Gasteiger partial charge in [-0.25, -0.2) is 4.79 Å². The molecule has 0 heterocycles. The Balaban J connectivity index is 1.83. The van der Waals surface area contributed by atoms with Crippen molar-refractivity contribution in [1.82, 2.24) is 0 Å². The van der Waals surface area contributed by atoms with E-state index in [0.717, 1.165) is 49.1 Å². The van der Waals surface area contributed by atoms with E-state index in [1.807, 2.05) is 18.2 Å². The molecule has 0 amide bonds. The number of rotatable bonds is 6. The second-order valence-corrected chi connectivity index (χ2v) is 6.03. The molecule has 0 radical (unpaired) electrons. The van der Waals surface area contributed by atoms with E-state index in [4.69, 9.17) is 16.3 Å². The number of hydrogen-bond acceptors (Lipinski definition) is 2. The van der Waals surface area contributed by atoms with E-state index >= 15 is 0 Å². The Kier molecular flexibility index (Phi) is 6.31. The standard InChI is InChI=1S/C18H23ClO2/c1-2-3-4-13-21-18(20)16-7-5-14(6-8-16)15-9-11-17(19)12-10-15/h7,9-12,14H,2-6,8,13H2,1H3. The number of allylic oxidation sites excluding steroid dienone is 1. The number of ether oxygens (including phenoxy) is 1. The second-order valence-electron chi connectivity index (χ2n) is 5.60. The molecule has 0 N–H and O–H groups in total. The maximum absolute atomic E-state index is 11.9. The molecule has 0 aliphatic heterocycles. The fraction of sp³-hybridized carbons (Fsp3) is 0.500. The third kappa shape index (κ3) is 4.89. The molecule has 2 rings (SSSR count). The lowest BCUT2D eigenvalue weighted by Crippen LogP contribution is -2.14. The first-order chi connectivity index (χ1) is 10.2. The van der Waals surface area contributed by atoms with Crippen molar-refractivity contribution in [3.63, 3.8) is 0 Å². The van der Waals surface area contributed by atoms with Crippen molar-refractivity contribution in [1.29, 1.82) is 0 Å². The van der Waals surface area contributed by atoms with Gasteiger partial charge in [0.1, 0.15) is 0 Å². The average molecular weight is 307 g/mol. The quantitative estimate of drug-likeness (QED) is 0.529. The average Bonchev–Trinajstić information content (AvgIpc) is 2.52. The molecule has 0 bridgehead atoms. The maximum Gasteiger partial charge on any atom is 0.333 e. The molecular weight excluding hydrogens is 284 g/mol. The number of esters is 1. The summed E-state index contributed by atoms with van der Waals surface area (Å²) in [6.45, 7) is 2.69. The van der Waals surface area contributed by atoms with Gasteiger partial charge in [-0.1, -0.05) is 49.6 Å². The van der Waals surface area contributed by atoms with Crippen LogP contribution in [0.2, 0.25) is 5.02 Å². The molecule has 21 heavy (non-hydrogen) atoms. The molecule has 1 aliphatic carbocycles. The Bertz CT molecular complexity index is 490. The topological polar surface area (TPSA) is 26.3 Å². The molecule has 2 nitrogen and oxygen atoms in total. The third-order valence-corrected chi connectivity index (χ3v) is 4.25. The summed E-state index contributed by atoms with van der Waals surface area (Å²) >= 11 is 5.91. The first kappa shape index (κ1) is 16.1. The predicted molar refractivity (Wildman–Crippen MR) is 86.6 cm³/mol. The van der Waals surface area contributed by atoms with Crippen LogP contribution in [-0.4, -0.2) is 12.6 Å². The highest BCUT2D eigenvalue weighted by Crippen LogP contribution is 2.32. The molecule has 1 aromatic carbocycles. The Hall–Kier alpha value is -1.28. The van der Waals surface area contributed by atoms with Gasteiger partial charge in [-0.05, 0) is 49.3 Å². The highest BCUT2D eigenvalue weighted by Gasteiger charge is 2.20. The predicted octanol–water partition coefficient (Wildman–Crippen LogP) is 5.27. The third-order valence-electron chi connectivity index (χ3n) is 4.00. The Morgan fingerprint density at radius 3 is 2.67 bits per heavy atom. The number of hydrogen-bond donors (Lipinski definition) is 0. The molecule has 1 aromatic rings. The highest BCUT2D eigenvalue weighted by molar-refractivity contribution is 6.30. The summed E-state index contributed by atoms with van der Waals surface area (Å²) < 4.78 is 5.32. The van der Waals surface area contributed by atoms with Gasteiger partial charge < -0.3 is 4.74 Å². The van der Waals surface area contributed by atoms with Crippen molar-refractivity contribution in [2.45, 2.75) is 51.4 Å². The molecular formula is C18H23ClO2. The van der Waals surface area contributed by atoms with Gasteiger partial charge in [-0.2, -0.15) is 0 Å². The normalized spacial score (nSPS) is 18.2. The molecule has 1 aliphatic rings. The molecule has 1 atom stereocenters. The van der Waals surface area contributed by atoms with E-state index in [1.54, 1.807) is 0 Å². The van der Waals surface area contributed by atoms with Gasteiger partial charge >= 0.3 is 5.97 Å². The van der Waals surface area contributed by atoms with Crippen molar-refractivity contribution in [3.8, 4) is 0 Å². The Morgan fingerprint density at radius 1 is 1.29 bits per heavy atom. The van der Waals surface area contributed by atoms with Crippen LogP contribution in [0, 0.1) is 0 Å². The molecule has 0 saturated carbocycles. The van der Waals surface area contributed by atoms with E-state index in [2.05, 4.69) is 19.1 Å². The molecule has 1 unspecified atom stereocenters. The van der Waals surface area contributed by atoms with Crippen molar-refractivity contribution in [3.05, 3.63) is 46.5 Å². The van der Waals surface area contributed by atoms with E-state index < -0.39 is 0 Å². The summed E-state index contributed by atoms with van der Waals surface area (Å²) in [5.74, 6) is 0.361. The largest absolute Gasteiger partial charge is 0.462 e. The summed E-state index contributed by atoms with van der Waals surface area (Å²) in [6.07, 6.45) is 7.97. The molecule has 3 heteroatoms. The number of halogens is 1. The van der Waals surface area contributed by atoms with Crippen LogP contribution in [0.15, 0.2) is 35.9 Å². The van der Waals surface area contributed by atoms with Crippen LogP contribution in [0.25, 0.3) is 0 Å². The lowest BCUT2D eigenvalue weighted by Gasteiger charge is -2.21. The van der Waals surface area contributed by atoms with Crippen molar-refractivity contribution in [2.24, 2.45) is 0 Å². The van der Waals surface area contributed by atoms with E-state index in [0.29, 0.717) is 12.5 Å². The summed E-state index contributed by atoms with van der Waals surface area (Å²) in [5.41, 5.74) is 2.14. The van der Waals surface area contributed by atoms with Crippen LogP contribution >= 0.6 is 11.6 Å². The van der Waals surface area contributed by atoms with Crippen molar-refractivity contribution < 1.29 is 9.53 Å². The van der Waals surface area contributed by atoms with Gasteiger partial charge in [0.2, 0.25) is 0 Å². The second kappa shape index (κ2) is 8.23. The van der Waals surface area contributed by atoms with E-state index in [9.17, 15) is 4.79 Å². The minimum Gasteiger partial charge on any atom is -0.462 e. The van der Waals surface area contributed by atoms with Crippen LogP contribution in [0.4, 0.5) is 0 Å². The fourth-order valence-electron chi connectivity index (χ4n) is 2.67. The summed E-state index contributed by atoms with van der Waals surface area (Å²) in [5, 5.41) is 0.765. The van der Waals surface area contributed by atoms with Gasteiger partial charge in [0.15, 0.2) is 0 Å². The first-order valence-electron chi connectivity index (χ1n) is 7.82. The summed E-state index contributed by atoms with van der Waals surface area (Å²) in [6, 6.07) is 8.01. The zero-order chi connectivity index (χ0) is 15.1. The fourth-order valence-corrected chi connectivity index (χ4v) is 2.79. The van der Waals surface area contributed by atoms with E-state index in [-0.39, 0.29) is 5.97 Å². The Morgan fingerprint density at radius 2 is 2.05 bits per heavy atom. The molecule has 0 fully saturated rings. The molecule has 0 aromatic heterocycles. The smallest absolute Gasteiger partial charge is 0.333 e. The first-order valence-corrected chi connectivity index (χ1v) is 8.20. The van der Waals surface area contributed by atoms with Gasteiger partial charge in [0, 0.05) is 10.6 Å². The zero-order valence-corrected chi connectivity index (χ0v) is 13.4. The number of carbonyl (C=O) groups excluding carboxylic acids is 1. The summed E-state index contributed by atoms with van der Waals surface area (Å²) in [4.78, 5) is 11.9. The minimum atomic E-state index is -0.124. The van der Waals surface area contributed by atoms with Gasteiger partial charge in [-0.3, -0.25) is 0 Å².